The quantitative estimate of drug-likeness (QED) is 0.409. The predicted molar refractivity (Wildman–Crippen MR) is 103 cm³/mol. The van der Waals surface area contributed by atoms with Gasteiger partial charge in [-0.05, 0) is 55.4 Å². The summed E-state index contributed by atoms with van der Waals surface area (Å²) in [5.41, 5.74) is -2.49. The van der Waals surface area contributed by atoms with Crippen LogP contribution in [0.1, 0.15) is 46.0 Å². The van der Waals surface area contributed by atoms with Crippen LogP contribution in [-0.2, 0) is 23.9 Å². The van der Waals surface area contributed by atoms with Crippen molar-refractivity contribution in [2.45, 2.75) is 57.7 Å². The average Bonchev–Trinajstić information content (AvgIpc) is 3.08. The van der Waals surface area contributed by atoms with Gasteiger partial charge in [-0.2, -0.15) is 0 Å². The fraction of sp³-hybridized carbons (Fsp3) is 0.696. The van der Waals surface area contributed by atoms with Crippen LogP contribution < -0.4 is 0 Å². The van der Waals surface area contributed by atoms with Crippen LogP contribution in [0.25, 0.3) is 0 Å². The molecule has 0 saturated heterocycles. The predicted octanol–water partition coefficient (Wildman–Crippen LogP) is 1.67. The Morgan fingerprint density at radius 2 is 2.03 bits per heavy atom. The SMILES string of the molecule is C=C1C[C@]23C[C@@]1(O)CCC2[C@@]12C=C[C@H](O)[C@@](C)(C(=O)C1)C2[C@@H]3C(=O)OCOC(C)=O. The van der Waals surface area contributed by atoms with Gasteiger partial charge in [0.15, 0.2) is 0 Å². The number of esters is 2. The second-order valence-corrected chi connectivity index (χ2v) is 10.3. The number of hydrogen-bond acceptors (Lipinski definition) is 7. The highest BCUT2D eigenvalue weighted by molar-refractivity contribution is 5.93. The molecular weight excluding hydrogens is 388 g/mol. The first-order chi connectivity index (χ1) is 14.0. The molecule has 5 rings (SSSR count). The van der Waals surface area contributed by atoms with E-state index in [0.29, 0.717) is 25.7 Å². The van der Waals surface area contributed by atoms with Gasteiger partial charge in [-0.25, -0.2) is 0 Å². The minimum Gasteiger partial charge on any atom is -0.428 e. The van der Waals surface area contributed by atoms with E-state index >= 15 is 0 Å². The van der Waals surface area contributed by atoms with Gasteiger partial charge in [0.05, 0.1) is 23.0 Å². The van der Waals surface area contributed by atoms with E-state index in [9.17, 15) is 24.6 Å². The molecule has 0 aliphatic heterocycles. The van der Waals surface area contributed by atoms with Crippen molar-refractivity contribution in [2.75, 3.05) is 6.79 Å². The highest BCUT2D eigenvalue weighted by Gasteiger charge is 2.81. The molecule has 0 aromatic heterocycles. The number of ketones is 1. The molecule has 162 valence electrons. The van der Waals surface area contributed by atoms with Crippen molar-refractivity contribution in [3.8, 4) is 0 Å². The van der Waals surface area contributed by atoms with Crippen LogP contribution in [-0.4, -0.2) is 46.4 Å². The van der Waals surface area contributed by atoms with E-state index in [2.05, 4.69) is 6.58 Å². The van der Waals surface area contributed by atoms with Crippen molar-refractivity contribution >= 4 is 17.7 Å². The van der Waals surface area contributed by atoms with Gasteiger partial charge in [0.25, 0.3) is 0 Å². The molecule has 0 aromatic carbocycles. The summed E-state index contributed by atoms with van der Waals surface area (Å²) in [5, 5.41) is 22.0. The molecule has 7 nitrogen and oxygen atoms in total. The lowest BCUT2D eigenvalue weighted by Gasteiger charge is -2.45. The van der Waals surface area contributed by atoms with Crippen LogP contribution in [0.2, 0.25) is 0 Å². The highest BCUT2D eigenvalue weighted by atomic mass is 16.7. The molecule has 0 radical (unpaired) electrons. The molecule has 0 heterocycles. The third-order valence-electron chi connectivity index (χ3n) is 9.18. The molecule has 5 aliphatic rings. The Kier molecular flexibility index (Phi) is 3.87. The minimum absolute atomic E-state index is 0.00956. The maximum atomic E-state index is 13.5. The second kappa shape index (κ2) is 5.82. The van der Waals surface area contributed by atoms with Gasteiger partial charge in [0, 0.05) is 18.8 Å². The highest BCUT2D eigenvalue weighted by Crippen LogP contribution is 2.80. The Hall–Kier alpha value is -1.99. The Labute approximate surface area is 175 Å². The molecule has 30 heavy (non-hydrogen) atoms. The normalized spacial score (nSPS) is 50.3. The number of fused-ring (bicyclic) bond motifs is 1. The minimum atomic E-state index is -1.09. The molecule has 2 unspecified atom stereocenters. The van der Waals surface area contributed by atoms with Crippen LogP contribution in [0, 0.1) is 34.0 Å². The number of carbonyl (C=O) groups is 3. The van der Waals surface area contributed by atoms with Crippen LogP contribution >= 0.6 is 0 Å². The molecule has 4 saturated carbocycles. The summed E-state index contributed by atoms with van der Waals surface area (Å²) in [5.74, 6) is -2.23. The Morgan fingerprint density at radius 1 is 1.30 bits per heavy atom. The number of aliphatic hydroxyl groups excluding tert-OH is 1. The summed E-state index contributed by atoms with van der Waals surface area (Å²) in [6, 6.07) is 0. The van der Waals surface area contributed by atoms with E-state index in [-0.39, 0.29) is 18.1 Å². The zero-order chi connectivity index (χ0) is 21.7. The average molecular weight is 416 g/mol. The Balaban J connectivity index is 1.64. The zero-order valence-electron chi connectivity index (χ0n) is 17.3. The molecule has 7 heteroatoms. The largest absolute Gasteiger partial charge is 0.428 e. The summed E-state index contributed by atoms with van der Waals surface area (Å²) < 4.78 is 10.2. The van der Waals surface area contributed by atoms with Crippen molar-refractivity contribution in [1.29, 1.82) is 0 Å². The molecule has 2 N–H and O–H groups in total. The lowest BCUT2D eigenvalue weighted by atomic mass is 9.59. The molecular formula is C23H28O7. The fourth-order valence-electron chi connectivity index (χ4n) is 8.08. The lowest BCUT2D eigenvalue weighted by Crippen LogP contribution is -2.50. The number of allylic oxidation sites excluding steroid dienone is 1. The van der Waals surface area contributed by atoms with Crippen molar-refractivity contribution in [3.05, 3.63) is 24.3 Å². The van der Waals surface area contributed by atoms with Crippen molar-refractivity contribution in [1.82, 2.24) is 0 Å². The maximum absolute atomic E-state index is 13.5. The smallest absolute Gasteiger partial charge is 0.312 e. The van der Waals surface area contributed by atoms with E-state index < -0.39 is 58.5 Å². The van der Waals surface area contributed by atoms with Crippen LogP contribution in [0.5, 0.6) is 0 Å². The topological polar surface area (TPSA) is 110 Å². The number of Topliss-reactive ketones (excluding diaryl/α,β-unsaturated/α-hetero) is 1. The van der Waals surface area contributed by atoms with E-state index in [1.807, 2.05) is 6.08 Å². The van der Waals surface area contributed by atoms with Crippen molar-refractivity contribution in [2.24, 2.45) is 34.0 Å². The molecule has 0 amide bonds. The van der Waals surface area contributed by atoms with Gasteiger partial charge < -0.3 is 19.7 Å². The number of carbonyl (C=O) groups excluding carboxylic acids is 3. The van der Waals surface area contributed by atoms with Gasteiger partial charge in [-0.3, -0.25) is 14.4 Å². The number of rotatable bonds is 3. The summed E-state index contributed by atoms with van der Waals surface area (Å²) in [7, 11) is 0. The van der Waals surface area contributed by atoms with E-state index in [4.69, 9.17) is 9.47 Å². The zero-order valence-corrected chi connectivity index (χ0v) is 17.3. The van der Waals surface area contributed by atoms with Crippen LogP contribution in [0.4, 0.5) is 0 Å². The molecule has 4 bridgehead atoms. The standard InChI is InChI=1S/C23H28O7/c1-12-8-22-10-23(12,28)7-4-14(22)21-6-5-15(25)20(3,16(26)9-21)18(21)17(22)19(27)30-11-29-13(2)24/h5-6,14-15,17-18,25,28H,1,4,7-11H2,2-3H3/t14?,15-,17+,18?,20-,21+,22-,23-/m0/s1. The molecule has 4 fully saturated rings. The van der Waals surface area contributed by atoms with Gasteiger partial charge in [-0.15, -0.1) is 0 Å². The van der Waals surface area contributed by atoms with Crippen molar-refractivity contribution < 1.29 is 34.1 Å². The molecule has 1 spiro atoms. The number of hydrogen-bond donors (Lipinski definition) is 2. The number of ether oxygens (including phenoxy) is 2. The van der Waals surface area contributed by atoms with Gasteiger partial charge in [0.2, 0.25) is 6.79 Å². The van der Waals surface area contributed by atoms with E-state index in [1.165, 1.54) is 6.92 Å². The Morgan fingerprint density at radius 3 is 2.73 bits per heavy atom. The third-order valence-corrected chi connectivity index (χ3v) is 9.18. The summed E-state index contributed by atoms with van der Waals surface area (Å²) in [4.78, 5) is 37.8. The number of aliphatic hydroxyl groups is 2. The first-order valence-electron chi connectivity index (χ1n) is 10.6. The van der Waals surface area contributed by atoms with Crippen LogP contribution in [0.15, 0.2) is 24.3 Å². The summed E-state index contributed by atoms with van der Waals surface area (Å²) in [6.07, 6.45) is 5.13. The fourth-order valence-corrected chi connectivity index (χ4v) is 8.08. The molecule has 0 aromatic rings. The first-order valence-corrected chi connectivity index (χ1v) is 10.6. The van der Waals surface area contributed by atoms with Gasteiger partial charge >= 0.3 is 11.9 Å². The van der Waals surface area contributed by atoms with E-state index in [1.54, 1.807) is 13.0 Å². The lowest BCUT2D eigenvalue weighted by molar-refractivity contribution is -0.176. The summed E-state index contributed by atoms with van der Waals surface area (Å²) in [6.45, 7) is 6.62. The third kappa shape index (κ3) is 2.10. The Bertz CT molecular complexity index is 907. The monoisotopic (exact) mass is 416 g/mol. The summed E-state index contributed by atoms with van der Waals surface area (Å²) >= 11 is 0. The van der Waals surface area contributed by atoms with Crippen molar-refractivity contribution in [3.63, 3.8) is 0 Å². The van der Waals surface area contributed by atoms with Gasteiger partial charge in [0.1, 0.15) is 5.78 Å². The van der Waals surface area contributed by atoms with Crippen LogP contribution in [0.3, 0.4) is 0 Å². The van der Waals surface area contributed by atoms with E-state index in [0.717, 1.165) is 5.57 Å². The second-order valence-electron chi connectivity index (χ2n) is 10.3. The first kappa shape index (κ1) is 19.9. The molecule has 5 aliphatic carbocycles. The maximum Gasteiger partial charge on any atom is 0.312 e. The molecule has 8 atom stereocenters. The van der Waals surface area contributed by atoms with Gasteiger partial charge in [-0.1, -0.05) is 18.7 Å².